The number of hydrogen-bond donors (Lipinski definition) is 2. The minimum absolute atomic E-state index is 0.291. The summed E-state index contributed by atoms with van der Waals surface area (Å²) in [6.45, 7) is 4.05. The minimum atomic E-state index is -1.15. The van der Waals surface area contributed by atoms with Gasteiger partial charge in [-0.3, -0.25) is 14.5 Å². The molecule has 8 nitrogen and oxygen atoms in total. The SMILES string of the molecule is COCCCN(C)CCNC(=O)CN1C(=O)N[C@](C)(c2ccccc2)C1=O. The van der Waals surface area contributed by atoms with E-state index in [1.165, 1.54) is 0 Å². The molecular weight excluding hydrogens is 348 g/mol. The molecule has 1 aromatic rings. The summed E-state index contributed by atoms with van der Waals surface area (Å²) in [6.07, 6.45) is 0.918. The Bertz CT molecular complexity index is 667. The maximum atomic E-state index is 12.7. The number of ether oxygens (including phenoxy) is 1. The Morgan fingerprint density at radius 3 is 2.63 bits per heavy atom. The molecule has 148 valence electrons. The Morgan fingerprint density at radius 1 is 1.26 bits per heavy atom. The molecule has 0 radical (unpaired) electrons. The van der Waals surface area contributed by atoms with Crippen molar-refractivity contribution in [2.24, 2.45) is 0 Å². The zero-order valence-corrected chi connectivity index (χ0v) is 16.2. The largest absolute Gasteiger partial charge is 0.385 e. The van der Waals surface area contributed by atoms with Gasteiger partial charge in [-0.05, 0) is 26.0 Å². The predicted octanol–water partition coefficient (Wildman–Crippen LogP) is 0.538. The number of amides is 4. The van der Waals surface area contributed by atoms with Crippen molar-refractivity contribution in [1.29, 1.82) is 0 Å². The summed E-state index contributed by atoms with van der Waals surface area (Å²) in [6, 6.07) is 8.45. The quantitative estimate of drug-likeness (QED) is 0.459. The van der Waals surface area contributed by atoms with Gasteiger partial charge in [-0.25, -0.2) is 4.79 Å². The van der Waals surface area contributed by atoms with Gasteiger partial charge in [0.2, 0.25) is 5.91 Å². The molecule has 0 spiro atoms. The summed E-state index contributed by atoms with van der Waals surface area (Å²) in [5, 5.41) is 5.45. The number of imide groups is 1. The highest BCUT2D eigenvalue weighted by molar-refractivity contribution is 6.09. The monoisotopic (exact) mass is 376 g/mol. The van der Waals surface area contributed by atoms with Crippen molar-refractivity contribution < 1.29 is 19.1 Å². The van der Waals surface area contributed by atoms with Crippen LogP contribution in [0.2, 0.25) is 0 Å². The first-order chi connectivity index (χ1) is 12.9. The number of nitrogens with one attached hydrogen (secondary N) is 2. The Morgan fingerprint density at radius 2 is 1.96 bits per heavy atom. The molecule has 1 fully saturated rings. The molecule has 0 unspecified atom stereocenters. The first kappa shape index (κ1) is 20.9. The second-order valence-electron chi connectivity index (χ2n) is 6.81. The van der Waals surface area contributed by atoms with E-state index >= 15 is 0 Å². The molecule has 2 rings (SSSR count). The highest BCUT2D eigenvalue weighted by Gasteiger charge is 2.49. The van der Waals surface area contributed by atoms with Crippen molar-refractivity contribution in [3.05, 3.63) is 35.9 Å². The molecule has 1 aromatic carbocycles. The van der Waals surface area contributed by atoms with Crippen LogP contribution in [-0.2, 0) is 19.9 Å². The van der Waals surface area contributed by atoms with E-state index in [0.29, 0.717) is 25.3 Å². The van der Waals surface area contributed by atoms with Crippen LogP contribution in [0, 0.1) is 0 Å². The summed E-state index contributed by atoms with van der Waals surface area (Å²) in [4.78, 5) is 40.2. The van der Waals surface area contributed by atoms with Crippen molar-refractivity contribution >= 4 is 17.8 Å². The van der Waals surface area contributed by atoms with Crippen molar-refractivity contribution in [3.63, 3.8) is 0 Å². The van der Waals surface area contributed by atoms with Gasteiger partial charge < -0.3 is 20.3 Å². The van der Waals surface area contributed by atoms with E-state index in [0.717, 1.165) is 17.9 Å². The molecule has 1 saturated heterocycles. The zero-order chi connectivity index (χ0) is 19.9. The van der Waals surface area contributed by atoms with E-state index in [2.05, 4.69) is 15.5 Å². The lowest BCUT2D eigenvalue weighted by Crippen LogP contribution is -2.44. The lowest BCUT2D eigenvalue weighted by atomic mass is 9.92. The van der Waals surface area contributed by atoms with E-state index in [9.17, 15) is 14.4 Å². The second-order valence-corrected chi connectivity index (χ2v) is 6.81. The van der Waals surface area contributed by atoms with Gasteiger partial charge in [0, 0.05) is 33.4 Å². The Labute approximate surface area is 159 Å². The first-order valence-electron chi connectivity index (χ1n) is 9.02. The van der Waals surface area contributed by atoms with Gasteiger partial charge in [-0.1, -0.05) is 30.3 Å². The molecular formula is C19H28N4O4. The average Bonchev–Trinajstić information content (AvgIpc) is 2.87. The molecule has 1 heterocycles. The highest BCUT2D eigenvalue weighted by atomic mass is 16.5. The zero-order valence-electron chi connectivity index (χ0n) is 16.2. The summed E-state index contributed by atoms with van der Waals surface area (Å²) in [5.74, 6) is -0.786. The first-order valence-corrected chi connectivity index (χ1v) is 9.02. The molecule has 4 amide bonds. The molecule has 8 heteroatoms. The third-order valence-electron chi connectivity index (χ3n) is 4.63. The summed E-state index contributed by atoms with van der Waals surface area (Å²) in [7, 11) is 3.63. The van der Waals surface area contributed by atoms with Crippen molar-refractivity contribution in [2.45, 2.75) is 18.9 Å². The van der Waals surface area contributed by atoms with Gasteiger partial charge in [-0.15, -0.1) is 0 Å². The van der Waals surface area contributed by atoms with Crippen LogP contribution in [-0.4, -0.2) is 74.6 Å². The van der Waals surface area contributed by atoms with Crippen molar-refractivity contribution in [3.8, 4) is 0 Å². The highest BCUT2D eigenvalue weighted by Crippen LogP contribution is 2.28. The number of carbonyl (C=O) groups excluding carboxylic acids is 3. The lowest BCUT2D eigenvalue weighted by Gasteiger charge is -2.22. The molecule has 1 atom stereocenters. The van der Waals surface area contributed by atoms with Crippen LogP contribution in [0.5, 0.6) is 0 Å². The summed E-state index contributed by atoms with van der Waals surface area (Å²) >= 11 is 0. The van der Waals surface area contributed by atoms with Crippen LogP contribution in [0.15, 0.2) is 30.3 Å². The van der Waals surface area contributed by atoms with Gasteiger partial charge in [0.15, 0.2) is 0 Å². The minimum Gasteiger partial charge on any atom is -0.385 e. The normalized spacial score (nSPS) is 19.5. The van der Waals surface area contributed by atoms with Gasteiger partial charge in [0.1, 0.15) is 12.1 Å². The van der Waals surface area contributed by atoms with Crippen LogP contribution in [0.25, 0.3) is 0 Å². The number of benzene rings is 1. The van der Waals surface area contributed by atoms with Gasteiger partial charge >= 0.3 is 6.03 Å². The molecule has 1 aliphatic heterocycles. The number of rotatable bonds is 10. The van der Waals surface area contributed by atoms with E-state index < -0.39 is 17.5 Å². The molecule has 27 heavy (non-hydrogen) atoms. The van der Waals surface area contributed by atoms with E-state index in [4.69, 9.17) is 4.74 Å². The van der Waals surface area contributed by atoms with Crippen LogP contribution < -0.4 is 10.6 Å². The number of urea groups is 1. The van der Waals surface area contributed by atoms with Crippen LogP contribution >= 0.6 is 0 Å². The smallest absolute Gasteiger partial charge is 0.325 e. The lowest BCUT2D eigenvalue weighted by molar-refractivity contribution is -0.134. The number of carbonyl (C=O) groups is 3. The topological polar surface area (TPSA) is 91.0 Å². The van der Waals surface area contributed by atoms with Crippen LogP contribution in [0.4, 0.5) is 4.79 Å². The van der Waals surface area contributed by atoms with Gasteiger partial charge in [0.25, 0.3) is 5.91 Å². The average molecular weight is 376 g/mol. The number of likely N-dealkylation sites (N-methyl/N-ethyl adjacent to an activating group) is 1. The molecule has 0 aliphatic carbocycles. The Balaban J connectivity index is 1.84. The second kappa shape index (κ2) is 9.48. The number of methoxy groups -OCH3 is 1. The number of hydrogen-bond acceptors (Lipinski definition) is 5. The molecule has 1 aliphatic rings. The summed E-state index contributed by atoms with van der Waals surface area (Å²) in [5.41, 5.74) is -0.468. The van der Waals surface area contributed by atoms with Gasteiger partial charge in [0.05, 0.1) is 0 Å². The molecule has 0 aromatic heterocycles. The fraction of sp³-hybridized carbons (Fsp3) is 0.526. The fourth-order valence-corrected chi connectivity index (χ4v) is 2.98. The van der Waals surface area contributed by atoms with E-state index in [-0.39, 0.29) is 12.5 Å². The van der Waals surface area contributed by atoms with Crippen molar-refractivity contribution in [2.75, 3.05) is 46.9 Å². The maximum Gasteiger partial charge on any atom is 0.325 e. The standard InChI is InChI=1S/C19H28N4O4/c1-19(15-8-5-4-6-9-15)17(25)23(18(26)21-19)14-16(24)20-10-12-22(2)11-7-13-27-3/h4-6,8-9H,7,10-14H2,1-3H3,(H,20,24)(H,21,26)/t19-/m1/s1. The van der Waals surface area contributed by atoms with Crippen molar-refractivity contribution in [1.82, 2.24) is 20.4 Å². The fourth-order valence-electron chi connectivity index (χ4n) is 2.98. The summed E-state index contributed by atoms with van der Waals surface area (Å²) < 4.78 is 5.01. The van der Waals surface area contributed by atoms with E-state index in [1.807, 2.05) is 13.1 Å². The molecule has 0 bridgehead atoms. The molecule has 0 saturated carbocycles. The Hall–Kier alpha value is -2.45. The predicted molar refractivity (Wildman–Crippen MR) is 101 cm³/mol. The molecule has 2 N–H and O–H groups in total. The third-order valence-corrected chi connectivity index (χ3v) is 4.63. The van der Waals surface area contributed by atoms with Crippen LogP contribution in [0.3, 0.4) is 0 Å². The number of nitrogens with zero attached hydrogens (tertiary/aromatic N) is 2. The van der Waals surface area contributed by atoms with E-state index in [1.54, 1.807) is 38.3 Å². The van der Waals surface area contributed by atoms with Crippen LogP contribution in [0.1, 0.15) is 18.9 Å². The maximum absolute atomic E-state index is 12.7. The van der Waals surface area contributed by atoms with Gasteiger partial charge in [-0.2, -0.15) is 0 Å². The third kappa shape index (κ3) is 5.27. The Kier molecular flexibility index (Phi) is 7.32.